The predicted molar refractivity (Wildman–Crippen MR) is 89.5 cm³/mol. The SMILES string of the molecule is CSc1ccc(C2C(CNC(C)C)CCCN2C)cc1. The number of thioether (sulfide) groups is 1. The summed E-state index contributed by atoms with van der Waals surface area (Å²) in [5.41, 5.74) is 1.47. The number of piperidine rings is 1. The Kier molecular flexibility index (Phi) is 5.94. The van der Waals surface area contributed by atoms with Crippen molar-refractivity contribution in [1.82, 2.24) is 10.2 Å². The van der Waals surface area contributed by atoms with E-state index in [-0.39, 0.29) is 0 Å². The van der Waals surface area contributed by atoms with Crippen LogP contribution in [0.4, 0.5) is 0 Å². The van der Waals surface area contributed by atoms with E-state index in [1.165, 1.54) is 29.8 Å². The van der Waals surface area contributed by atoms with Crippen molar-refractivity contribution in [3.05, 3.63) is 29.8 Å². The molecule has 20 heavy (non-hydrogen) atoms. The number of nitrogens with zero attached hydrogens (tertiary/aromatic N) is 1. The van der Waals surface area contributed by atoms with Crippen LogP contribution in [-0.2, 0) is 0 Å². The zero-order valence-corrected chi connectivity index (χ0v) is 14.0. The third-order valence-corrected chi connectivity index (χ3v) is 5.00. The number of nitrogens with one attached hydrogen (secondary N) is 1. The van der Waals surface area contributed by atoms with Gasteiger partial charge in [-0.2, -0.15) is 0 Å². The minimum atomic E-state index is 0.561. The minimum Gasteiger partial charge on any atom is -0.314 e. The molecule has 0 spiro atoms. The third-order valence-electron chi connectivity index (χ3n) is 4.25. The molecule has 0 aromatic heterocycles. The fourth-order valence-corrected chi connectivity index (χ4v) is 3.60. The van der Waals surface area contributed by atoms with Crippen molar-refractivity contribution >= 4 is 11.8 Å². The Hall–Kier alpha value is -0.510. The first-order valence-corrected chi connectivity index (χ1v) is 8.92. The topological polar surface area (TPSA) is 15.3 Å². The number of rotatable bonds is 5. The van der Waals surface area contributed by atoms with Gasteiger partial charge < -0.3 is 5.32 Å². The second-order valence-corrected chi connectivity index (χ2v) is 7.04. The van der Waals surface area contributed by atoms with Crippen LogP contribution in [0.5, 0.6) is 0 Å². The highest BCUT2D eigenvalue weighted by Gasteiger charge is 2.30. The molecule has 0 aliphatic carbocycles. The van der Waals surface area contributed by atoms with E-state index in [9.17, 15) is 0 Å². The largest absolute Gasteiger partial charge is 0.314 e. The predicted octanol–water partition coefficient (Wildman–Crippen LogP) is 3.79. The lowest BCUT2D eigenvalue weighted by Gasteiger charge is -2.40. The molecule has 1 aliphatic heterocycles. The van der Waals surface area contributed by atoms with E-state index in [0.29, 0.717) is 12.1 Å². The zero-order valence-electron chi connectivity index (χ0n) is 13.2. The van der Waals surface area contributed by atoms with E-state index in [2.05, 4.69) is 61.6 Å². The second-order valence-electron chi connectivity index (χ2n) is 6.16. The summed E-state index contributed by atoms with van der Waals surface area (Å²) < 4.78 is 0. The van der Waals surface area contributed by atoms with Gasteiger partial charge in [-0.3, -0.25) is 4.90 Å². The monoisotopic (exact) mass is 292 g/mol. The van der Waals surface area contributed by atoms with Crippen LogP contribution in [0.25, 0.3) is 0 Å². The maximum absolute atomic E-state index is 3.63. The molecule has 112 valence electrons. The van der Waals surface area contributed by atoms with Crippen LogP contribution in [0.15, 0.2) is 29.2 Å². The van der Waals surface area contributed by atoms with Gasteiger partial charge in [-0.05, 0) is 56.3 Å². The summed E-state index contributed by atoms with van der Waals surface area (Å²) in [6.07, 6.45) is 4.79. The van der Waals surface area contributed by atoms with Gasteiger partial charge in [0, 0.05) is 23.5 Å². The summed E-state index contributed by atoms with van der Waals surface area (Å²) >= 11 is 1.81. The standard InChI is InChI=1S/C17H28N2S/c1-13(2)18-12-15-6-5-11-19(3)17(15)14-7-9-16(20-4)10-8-14/h7-10,13,15,17-18H,5-6,11-12H2,1-4H3. The quantitative estimate of drug-likeness (QED) is 0.831. The lowest BCUT2D eigenvalue weighted by molar-refractivity contribution is 0.118. The molecular weight excluding hydrogens is 264 g/mol. The molecule has 3 heteroatoms. The first-order chi connectivity index (χ1) is 9.61. The Balaban J connectivity index is 2.13. The molecule has 2 atom stereocenters. The number of likely N-dealkylation sites (tertiary alicyclic amines) is 1. The number of hydrogen-bond acceptors (Lipinski definition) is 3. The maximum atomic E-state index is 3.63. The van der Waals surface area contributed by atoms with Crippen LogP contribution >= 0.6 is 11.8 Å². The first-order valence-electron chi connectivity index (χ1n) is 7.69. The molecule has 1 aromatic rings. The van der Waals surface area contributed by atoms with E-state index in [4.69, 9.17) is 0 Å². The van der Waals surface area contributed by atoms with E-state index in [0.717, 1.165) is 12.5 Å². The molecule has 0 radical (unpaired) electrons. The minimum absolute atomic E-state index is 0.561. The lowest BCUT2D eigenvalue weighted by Crippen LogP contribution is -2.41. The maximum Gasteiger partial charge on any atom is 0.0385 e. The van der Waals surface area contributed by atoms with Crippen molar-refractivity contribution in [2.45, 2.75) is 43.7 Å². The summed E-state index contributed by atoms with van der Waals surface area (Å²) in [6, 6.07) is 10.3. The highest BCUT2D eigenvalue weighted by Crippen LogP contribution is 2.35. The van der Waals surface area contributed by atoms with Gasteiger partial charge in [0.2, 0.25) is 0 Å². The Bertz CT molecular complexity index is 402. The molecule has 1 N–H and O–H groups in total. The zero-order chi connectivity index (χ0) is 14.5. The molecule has 0 amide bonds. The summed E-state index contributed by atoms with van der Waals surface area (Å²) in [5.74, 6) is 0.719. The fourth-order valence-electron chi connectivity index (χ4n) is 3.19. The van der Waals surface area contributed by atoms with Gasteiger partial charge in [0.15, 0.2) is 0 Å². The van der Waals surface area contributed by atoms with Crippen molar-refractivity contribution in [3.63, 3.8) is 0 Å². The fraction of sp³-hybridized carbons (Fsp3) is 0.647. The molecule has 0 bridgehead atoms. The van der Waals surface area contributed by atoms with E-state index in [1.54, 1.807) is 0 Å². The Morgan fingerprint density at radius 1 is 1.30 bits per heavy atom. The summed E-state index contributed by atoms with van der Waals surface area (Å²) in [5, 5.41) is 3.63. The Morgan fingerprint density at radius 2 is 2.00 bits per heavy atom. The Morgan fingerprint density at radius 3 is 2.60 bits per heavy atom. The van der Waals surface area contributed by atoms with Crippen LogP contribution < -0.4 is 5.32 Å². The molecular formula is C17H28N2S. The molecule has 1 aliphatic rings. The van der Waals surface area contributed by atoms with Crippen molar-refractivity contribution < 1.29 is 0 Å². The normalized spacial score (nSPS) is 24.2. The molecule has 1 heterocycles. The summed E-state index contributed by atoms with van der Waals surface area (Å²) in [6.45, 7) is 6.80. The first kappa shape index (κ1) is 15.9. The molecule has 2 unspecified atom stereocenters. The van der Waals surface area contributed by atoms with E-state index < -0.39 is 0 Å². The van der Waals surface area contributed by atoms with Crippen LogP contribution in [0, 0.1) is 5.92 Å². The molecule has 2 rings (SSSR count). The highest BCUT2D eigenvalue weighted by atomic mass is 32.2. The van der Waals surface area contributed by atoms with Gasteiger partial charge in [0.05, 0.1) is 0 Å². The Labute approximate surface area is 128 Å². The van der Waals surface area contributed by atoms with Gasteiger partial charge in [-0.25, -0.2) is 0 Å². The van der Waals surface area contributed by atoms with Crippen LogP contribution in [-0.4, -0.2) is 37.3 Å². The number of benzene rings is 1. The summed E-state index contributed by atoms with van der Waals surface area (Å²) in [4.78, 5) is 3.88. The van der Waals surface area contributed by atoms with E-state index in [1.807, 2.05) is 11.8 Å². The van der Waals surface area contributed by atoms with Crippen molar-refractivity contribution in [1.29, 1.82) is 0 Å². The lowest BCUT2D eigenvalue weighted by atomic mass is 9.85. The molecule has 1 saturated heterocycles. The van der Waals surface area contributed by atoms with Crippen molar-refractivity contribution in [2.24, 2.45) is 5.92 Å². The summed E-state index contributed by atoms with van der Waals surface area (Å²) in [7, 11) is 2.27. The molecule has 1 aromatic carbocycles. The van der Waals surface area contributed by atoms with Crippen molar-refractivity contribution in [3.8, 4) is 0 Å². The highest BCUT2D eigenvalue weighted by molar-refractivity contribution is 7.98. The average Bonchev–Trinajstić information content (AvgIpc) is 2.45. The van der Waals surface area contributed by atoms with Gasteiger partial charge in [-0.15, -0.1) is 11.8 Å². The van der Waals surface area contributed by atoms with Gasteiger partial charge in [-0.1, -0.05) is 26.0 Å². The van der Waals surface area contributed by atoms with Crippen LogP contribution in [0.2, 0.25) is 0 Å². The van der Waals surface area contributed by atoms with Gasteiger partial charge >= 0.3 is 0 Å². The molecule has 1 fully saturated rings. The van der Waals surface area contributed by atoms with Crippen LogP contribution in [0.3, 0.4) is 0 Å². The van der Waals surface area contributed by atoms with Gasteiger partial charge in [0.25, 0.3) is 0 Å². The van der Waals surface area contributed by atoms with Crippen LogP contribution in [0.1, 0.15) is 38.3 Å². The third kappa shape index (κ3) is 4.00. The van der Waals surface area contributed by atoms with Gasteiger partial charge in [0.1, 0.15) is 0 Å². The number of hydrogen-bond donors (Lipinski definition) is 1. The average molecular weight is 292 g/mol. The molecule has 0 saturated carbocycles. The van der Waals surface area contributed by atoms with E-state index >= 15 is 0 Å². The smallest absolute Gasteiger partial charge is 0.0385 e. The molecule has 2 nitrogen and oxygen atoms in total. The second kappa shape index (κ2) is 7.48. The van der Waals surface area contributed by atoms with Crippen molar-refractivity contribution in [2.75, 3.05) is 26.4 Å².